The molecule has 0 radical (unpaired) electrons. The maximum atomic E-state index is 13.5. The van der Waals surface area contributed by atoms with Crippen molar-refractivity contribution in [3.05, 3.63) is 103 Å². The number of rotatable bonds is 9. The fourth-order valence-corrected chi connectivity index (χ4v) is 4.05. The largest absolute Gasteiger partial charge is 0.485 e. The summed E-state index contributed by atoms with van der Waals surface area (Å²) >= 11 is 0. The Kier molecular flexibility index (Phi) is 6.89. The number of fused-ring (bicyclic) bond motifs is 1. The Morgan fingerprint density at radius 2 is 1.73 bits per heavy atom. The Labute approximate surface area is 194 Å². The number of hydrogen-bond donors (Lipinski definition) is 0. The molecule has 1 amide bonds. The van der Waals surface area contributed by atoms with Crippen molar-refractivity contribution >= 4 is 22.6 Å². The number of carbonyl (C=O) groups excluding carboxylic acids is 1. The number of ether oxygens (including phenoxy) is 1. The van der Waals surface area contributed by atoms with Crippen LogP contribution in [0.15, 0.2) is 91.5 Å². The fraction of sp³-hybridized carbons (Fsp3) is 0.214. The molecule has 5 heteroatoms. The zero-order chi connectivity index (χ0) is 23.2. The molecule has 0 saturated heterocycles. The average molecular weight is 440 g/mol. The number of nitrogens with zero attached hydrogens (tertiary/aromatic N) is 3. The third-order valence-corrected chi connectivity index (χ3v) is 5.54. The van der Waals surface area contributed by atoms with E-state index in [0.29, 0.717) is 0 Å². The summed E-state index contributed by atoms with van der Waals surface area (Å²) < 4.78 is 8.13. The molecule has 0 unspecified atom stereocenters. The SMILES string of the molecule is C=CCc1ccccc1OCc1nc2ccccc2n1CC(=O)N(c1ccccc1)C(C)C. The van der Waals surface area contributed by atoms with E-state index < -0.39 is 0 Å². The van der Waals surface area contributed by atoms with Gasteiger partial charge in [0.2, 0.25) is 5.91 Å². The Morgan fingerprint density at radius 1 is 1.03 bits per heavy atom. The van der Waals surface area contributed by atoms with Crippen LogP contribution in [0, 0.1) is 0 Å². The van der Waals surface area contributed by atoms with Gasteiger partial charge < -0.3 is 14.2 Å². The van der Waals surface area contributed by atoms with Crippen molar-refractivity contribution in [3.8, 4) is 5.75 Å². The summed E-state index contributed by atoms with van der Waals surface area (Å²) in [4.78, 5) is 20.1. The highest BCUT2D eigenvalue weighted by Crippen LogP contribution is 2.23. The van der Waals surface area contributed by atoms with Crippen molar-refractivity contribution < 1.29 is 9.53 Å². The minimum absolute atomic E-state index is 0.00709. The molecule has 5 nitrogen and oxygen atoms in total. The normalized spacial score (nSPS) is 11.0. The molecule has 4 aromatic rings. The minimum atomic E-state index is 0.00709. The first-order valence-corrected chi connectivity index (χ1v) is 11.2. The maximum Gasteiger partial charge on any atom is 0.247 e. The summed E-state index contributed by atoms with van der Waals surface area (Å²) in [6, 6.07) is 25.6. The van der Waals surface area contributed by atoms with Gasteiger partial charge in [0.15, 0.2) is 0 Å². The van der Waals surface area contributed by atoms with Crippen LogP contribution in [0.5, 0.6) is 5.75 Å². The highest BCUT2D eigenvalue weighted by atomic mass is 16.5. The predicted octanol–water partition coefficient (Wildman–Crippen LogP) is 5.79. The van der Waals surface area contributed by atoms with Gasteiger partial charge in [-0.3, -0.25) is 4.79 Å². The number of anilines is 1. The molecule has 0 aliphatic carbocycles. The summed E-state index contributed by atoms with van der Waals surface area (Å²) in [5.74, 6) is 1.53. The zero-order valence-corrected chi connectivity index (χ0v) is 19.1. The van der Waals surface area contributed by atoms with Crippen LogP contribution in [-0.2, 0) is 24.4 Å². The summed E-state index contributed by atoms with van der Waals surface area (Å²) in [7, 11) is 0. The minimum Gasteiger partial charge on any atom is -0.485 e. The quantitative estimate of drug-likeness (QED) is 0.310. The number of aromatic nitrogens is 2. The van der Waals surface area contributed by atoms with Crippen LogP contribution < -0.4 is 9.64 Å². The van der Waals surface area contributed by atoms with Crippen molar-refractivity contribution in [3.63, 3.8) is 0 Å². The molecule has 0 aliphatic heterocycles. The average Bonchev–Trinajstić information content (AvgIpc) is 3.16. The molecule has 3 aromatic carbocycles. The van der Waals surface area contributed by atoms with Crippen molar-refractivity contribution in [2.75, 3.05) is 4.90 Å². The van der Waals surface area contributed by atoms with Crippen LogP contribution in [0.1, 0.15) is 25.2 Å². The van der Waals surface area contributed by atoms with Crippen LogP contribution >= 0.6 is 0 Å². The molecule has 0 N–H and O–H groups in total. The number of hydrogen-bond acceptors (Lipinski definition) is 3. The third kappa shape index (κ3) is 4.98. The molecule has 1 aromatic heterocycles. The number of benzene rings is 3. The Bertz CT molecular complexity index is 1240. The molecular formula is C28H29N3O2. The summed E-state index contributed by atoms with van der Waals surface area (Å²) in [5.41, 5.74) is 3.72. The number of imidazole rings is 1. The van der Waals surface area contributed by atoms with Gasteiger partial charge in [-0.15, -0.1) is 6.58 Å². The molecule has 33 heavy (non-hydrogen) atoms. The number of allylic oxidation sites excluding steroid dienone is 1. The van der Waals surface area contributed by atoms with Crippen molar-refractivity contribution in [2.45, 2.75) is 39.5 Å². The van der Waals surface area contributed by atoms with Crippen LogP contribution in [0.25, 0.3) is 11.0 Å². The second-order valence-corrected chi connectivity index (χ2v) is 8.19. The summed E-state index contributed by atoms with van der Waals surface area (Å²) in [5, 5.41) is 0. The van der Waals surface area contributed by atoms with E-state index in [-0.39, 0.29) is 25.1 Å². The van der Waals surface area contributed by atoms with E-state index in [0.717, 1.165) is 40.3 Å². The third-order valence-electron chi connectivity index (χ3n) is 5.54. The van der Waals surface area contributed by atoms with E-state index in [2.05, 4.69) is 6.58 Å². The predicted molar refractivity (Wildman–Crippen MR) is 133 cm³/mol. The number of carbonyl (C=O) groups is 1. The van der Waals surface area contributed by atoms with Crippen molar-refractivity contribution in [2.24, 2.45) is 0 Å². The lowest BCUT2D eigenvalue weighted by Crippen LogP contribution is -2.39. The molecule has 0 fully saturated rings. The van der Waals surface area contributed by atoms with Gasteiger partial charge in [-0.25, -0.2) is 4.98 Å². The van der Waals surface area contributed by atoms with E-state index in [1.807, 2.05) is 108 Å². The molecule has 0 saturated carbocycles. The van der Waals surface area contributed by atoms with Gasteiger partial charge in [0, 0.05) is 11.7 Å². The first-order chi connectivity index (χ1) is 16.1. The molecule has 168 valence electrons. The molecule has 0 aliphatic rings. The lowest BCUT2D eigenvalue weighted by atomic mass is 10.1. The topological polar surface area (TPSA) is 47.4 Å². The molecule has 0 bridgehead atoms. The van der Waals surface area contributed by atoms with Gasteiger partial charge >= 0.3 is 0 Å². The molecule has 4 rings (SSSR count). The molecule has 0 atom stereocenters. The Hall–Kier alpha value is -3.86. The van der Waals surface area contributed by atoms with Gasteiger partial charge in [-0.05, 0) is 56.2 Å². The second-order valence-electron chi connectivity index (χ2n) is 8.19. The smallest absolute Gasteiger partial charge is 0.247 e. The van der Waals surface area contributed by atoms with Crippen molar-refractivity contribution in [1.29, 1.82) is 0 Å². The molecule has 0 spiro atoms. The van der Waals surface area contributed by atoms with Crippen LogP contribution in [-0.4, -0.2) is 21.5 Å². The molecular weight excluding hydrogens is 410 g/mol. The zero-order valence-electron chi connectivity index (χ0n) is 19.1. The standard InChI is InChI=1S/C28H29N3O2/c1-4-12-22-13-8-11-18-26(22)33-20-27-29-24-16-9-10-17-25(24)30(27)19-28(32)31(21(2)3)23-14-6-5-7-15-23/h4-11,13-18,21H,1,12,19-20H2,2-3H3. The van der Waals surface area contributed by atoms with Crippen LogP contribution in [0.2, 0.25) is 0 Å². The van der Waals surface area contributed by atoms with Gasteiger partial charge in [-0.1, -0.05) is 54.6 Å². The maximum absolute atomic E-state index is 13.5. The van der Waals surface area contributed by atoms with E-state index >= 15 is 0 Å². The lowest BCUT2D eigenvalue weighted by molar-refractivity contribution is -0.119. The van der Waals surface area contributed by atoms with Gasteiger partial charge in [0.05, 0.1) is 11.0 Å². The van der Waals surface area contributed by atoms with E-state index in [4.69, 9.17) is 9.72 Å². The number of amides is 1. The van der Waals surface area contributed by atoms with Gasteiger partial charge in [-0.2, -0.15) is 0 Å². The van der Waals surface area contributed by atoms with Gasteiger partial charge in [0.1, 0.15) is 24.7 Å². The van der Waals surface area contributed by atoms with E-state index in [1.54, 1.807) is 0 Å². The Balaban J connectivity index is 1.64. The van der Waals surface area contributed by atoms with E-state index in [9.17, 15) is 4.79 Å². The van der Waals surface area contributed by atoms with Crippen LogP contribution in [0.4, 0.5) is 5.69 Å². The summed E-state index contributed by atoms with van der Waals surface area (Å²) in [6.07, 6.45) is 2.59. The highest BCUT2D eigenvalue weighted by molar-refractivity contribution is 5.94. The summed E-state index contributed by atoms with van der Waals surface area (Å²) in [6.45, 7) is 8.33. The van der Waals surface area contributed by atoms with E-state index in [1.165, 1.54) is 0 Å². The highest BCUT2D eigenvalue weighted by Gasteiger charge is 2.22. The first kappa shape index (κ1) is 22.3. The first-order valence-electron chi connectivity index (χ1n) is 11.2. The van der Waals surface area contributed by atoms with Crippen LogP contribution in [0.3, 0.4) is 0 Å². The Morgan fingerprint density at radius 3 is 2.48 bits per heavy atom. The van der Waals surface area contributed by atoms with Gasteiger partial charge in [0.25, 0.3) is 0 Å². The monoisotopic (exact) mass is 439 g/mol. The lowest BCUT2D eigenvalue weighted by Gasteiger charge is -2.27. The molecule has 1 heterocycles. The fourth-order valence-electron chi connectivity index (χ4n) is 4.05. The second kappa shape index (κ2) is 10.2. The van der Waals surface area contributed by atoms with Crippen molar-refractivity contribution in [1.82, 2.24) is 9.55 Å². The number of para-hydroxylation sites is 4.